The summed E-state index contributed by atoms with van der Waals surface area (Å²) >= 11 is 0. The van der Waals surface area contributed by atoms with Crippen molar-refractivity contribution >= 4 is 17.7 Å². The molecule has 0 aromatic heterocycles. The molecular weight excluding hydrogens is 272 g/mol. The molecule has 1 aliphatic carbocycles. The van der Waals surface area contributed by atoms with E-state index in [1.807, 2.05) is 0 Å². The summed E-state index contributed by atoms with van der Waals surface area (Å²) < 4.78 is 5.05. The average Bonchev–Trinajstić information content (AvgIpc) is 2.86. The van der Waals surface area contributed by atoms with Gasteiger partial charge in [0.25, 0.3) is 0 Å². The summed E-state index contributed by atoms with van der Waals surface area (Å²) in [5.74, 6) is -0.180. The second-order valence-electron chi connectivity index (χ2n) is 5.37. The Hall–Kier alpha value is -2.24. The van der Waals surface area contributed by atoms with Gasteiger partial charge >= 0.3 is 12.0 Å². The van der Waals surface area contributed by atoms with Gasteiger partial charge in [0.05, 0.1) is 19.1 Å². The van der Waals surface area contributed by atoms with Crippen LogP contribution in [0.25, 0.3) is 0 Å². The van der Waals surface area contributed by atoms with Gasteiger partial charge in [0.15, 0.2) is 0 Å². The average molecular weight is 292 g/mol. The number of ether oxygens (including phenoxy) is 1. The lowest BCUT2D eigenvalue weighted by atomic mass is 9.93. The van der Waals surface area contributed by atoms with Crippen LogP contribution in [0.15, 0.2) is 24.3 Å². The maximum absolute atomic E-state index is 12.1. The molecule has 1 fully saturated rings. The largest absolute Gasteiger partial charge is 0.497 e. The van der Waals surface area contributed by atoms with Crippen LogP contribution < -0.4 is 15.4 Å². The zero-order valence-electron chi connectivity index (χ0n) is 12.0. The molecule has 6 nitrogen and oxygen atoms in total. The predicted molar refractivity (Wildman–Crippen MR) is 78.6 cm³/mol. The van der Waals surface area contributed by atoms with Crippen LogP contribution in [0.1, 0.15) is 32.1 Å². The van der Waals surface area contributed by atoms with E-state index in [0.29, 0.717) is 24.3 Å². The van der Waals surface area contributed by atoms with Gasteiger partial charge in [0.1, 0.15) is 5.75 Å². The third kappa shape index (κ3) is 4.11. The van der Waals surface area contributed by atoms with Crippen LogP contribution in [-0.4, -0.2) is 29.8 Å². The summed E-state index contributed by atoms with van der Waals surface area (Å²) in [6.45, 7) is 0. The predicted octanol–water partition coefficient (Wildman–Crippen LogP) is 2.60. The first kappa shape index (κ1) is 15.2. The molecule has 2 rings (SSSR count). The van der Waals surface area contributed by atoms with E-state index in [1.54, 1.807) is 31.4 Å². The smallest absolute Gasteiger partial charge is 0.319 e. The molecule has 0 bridgehead atoms. The highest BCUT2D eigenvalue weighted by atomic mass is 16.5. The summed E-state index contributed by atoms with van der Waals surface area (Å²) in [7, 11) is 1.57. The van der Waals surface area contributed by atoms with Gasteiger partial charge in [0.2, 0.25) is 0 Å². The Morgan fingerprint density at radius 1 is 1.24 bits per heavy atom. The quantitative estimate of drug-likeness (QED) is 0.778. The van der Waals surface area contributed by atoms with Crippen LogP contribution in [0.4, 0.5) is 10.5 Å². The first-order chi connectivity index (χ1) is 10.0. The van der Waals surface area contributed by atoms with Crippen molar-refractivity contribution in [3.05, 3.63) is 24.3 Å². The summed E-state index contributed by atoms with van der Waals surface area (Å²) in [4.78, 5) is 23.0. The first-order valence-corrected chi connectivity index (χ1v) is 6.98. The standard InChI is InChI=1S/C15H20N2O4/c1-21-12-6-4-11(5-7-12)16-14(20)17-15(10-13(18)19)8-2-3-9-15/h4-7H,2-3,8-10H2,1H3,(H,18,19)(H2,16,17,20). The fourth-order valence-electron chi connectivity index (χ4n) is 2.76. The van der Waals surface area contributed by atoms with Gasteiger partial charge in [-0.25, -0.2) is 4.79 Å². The van der Waals surface area contributed by atoms with Gasteiger partial charge in [-0.1, -0.05) is 12.8 Å². The Morgan fingerprint density at radius 3 is 2.38 bits per heavy atom. The highest BCUT2D eigenvalue weighted by Crippen LogP contribution is 2.32. The Bertz CT molecular complexity index is 507. The third-order valence-corrected chi connectivity index (χ3v) is 3.78. The maximum Gasteiger partial charge on any atom is 0.319 e. The molecule has 0 saturated heterocycles. The van der Waals surface area contributed by atoms with Crippen LogP contribution in [0.5, 0.6) is 5.75 Å². The topological polar surface area (TPSA) is 87.7 Å². The number of carboxylic acid groups (broad SMARTS) is 1. The second-order valence-corrected chi connectivity index (χ2v) is 5.37. The number of carboxylic acids is 1. The van der Waals surface area contributed by atoms with E-state index in [0.717, 1.165) is 12.8 Å². The minimum absolute atomic E-state index is 0.0387. The molecule has 0 radical (unpaired) electrons. The number of aliphatic carboxylic acids is 1. The van der Waals surface area contributed by atoms with Crippen molar-refractivity contribution in [3.8, 4) is 5.75 Å². The van der Waals surface area contributed by atoms with E-state index < -0.39 is 11.5 Å². The lowest BCUT2D eigenvalue weighted by Crippen LogP contribution is -2.49. The summed E-state index contributed by atoms with van der Waals surface area (Å²) in [6.07, 6.45) is 3.25. The normalized spacial score (nSPS) is 16.2. The number of carbonyl (C=O) groups excluding carboxylic acids is 1. The van der Waals surface area contributed by atoms with Gasteiger partial charge in [-0.2, -0.15) is 0 Å². The fourth-order valence-corrected chi connectivity index (χ4v) is 2.76. The number of amides is 2. The molecule has 1 aliphatic rings. The van der Waals surface area contributed by atoms with Crippen molar-refractivity contribution in [2.75, 3.05) is 12.4 Å². The molecule has 21 heavy (non-hydrogen) atoms. The molecule has 3 N–H and O–H groups in total. The summed E-state index contributed by atoms with van der Waals surface area (Å²) in [6, 6.07) is 6.59. The van der Waals surface area contributed by atoms with Crippen molar-refractivity contribution < 1.29 is 19.4 Å². The number of benzene rings is 1. The van der Waals surface area contributed by atoms with E-state index in [4.69, 9.17) is 9.84 Å². The van der Waals surface area contributed by atoms with E-state index in [1.165, 1.54) is 0 Å². The van der Waals surface area contributed by atoms with Crippen LogP contribution in [-0.2, 0) is 4.79 Å². The minimum atomic E-state index is -0.887. The van der Waals surface area contributed by atoms with E-state index >= 15 is 0 Å². The molecule has 0 heterocycles. The molecule has 0 spiro atoms. The van der Waals surface area contributed by atoms with Crippen molar-refractivity contribution in [1.82, 2.24) is 5.32 Å². The molecule has 0 unspecified atom stereocenters. The van der Waals surface area contributed by atoms with Crippen molar-refractivity contribution in [2.24, 2.45) is 0 Å². The second kappa shape index (κ2) is 6.47. The highest BCUT2D eigenvalue weighted by Gasteiger charge is 2.37. The monoisotopic (exact) mass is 292 g/mol. The van der Waals surface area contributed by atoms with Crippen molar-refractivity contribution in [3.63, 3.8) is 0 Å². The molecule has 0 atom stereocenters. The van der Waals surface area contributed by atoms with Crippen LogP contribution in [0.3, 0.4) is 0 Å². The maximum atomic E-state index is 12.1. The van der Waals surface area contributed by atoms with Crippen molar-refractivity contribution in [1.29, 1.82) is 0 Å². The van der Waals surface area contributed by atoms with Gasteiger partial charge in [-0.05, 0) is 37.1 Å². The highest BCUT2D eigenvalue weighted by molar-refractivity contribution is 5.90. The molecule has 1 aromatic carbocycles. The van der Waals surface area contributed by atoms with E-state index in [9.17, 15) is 9.59 Å². The van der Waals surface area contributed by atoms with E-state index in [-0.39, 0.29) is 12.5 Å². The lowest BCUT2D eigenvalue weighted by Gasteiger charge is -2.28. The fraction of sp³-hybridized carbons (Fsp3) is 0.467. The Kier molecular flexibility index (Phi) is 4.67. The number of nitrogens with one attached hydrogen (secondary N) is 2. The molecule has 2 amide bonds. The molecular formula is C15H20N2O4. The van der Waals surface area contributed by atoms with Gasteiger partial charge in [-0.3, -0.25) is 4.79 Å². The van der Waals surface area contributed by atoms with Crippen molar-refractivity contribution in [2.45, 2.75) is 37.6 Å². The Balaban J connectivity index is 1.97. The summed E-state index contributed by atoms with van der Waals surface area (Å²) in [5.41, 5.74) is 0.0133. The van der Waals surface area contributed by atoms with Gasteiger partial charge in [0, 0.05) is 5.69 Å². The van der Waals surface area contributed by atoms with Crippen LogP contribution >= 0.6 is 0 Å². The number of rotatable bonds is 5. The zero-order valence-corrected chi connectivity index (χ0v) is 12.0. The van der Waals surface area contributed by atoms with Gasteiger partial charge in [-0.15, -0.1) is 0 Å². The molecule has 0 aliphatic heterocycles. The number of anilines is 1. The van der Waals surface area contributed by atoms with Crippen LogP contribution in [0, 0.1) is 0 Å². The SMILES string of the molecule is COc1ccc(NC(=O)NC2(CC(=O)O)CCCC2)cc1. The molecule has 6 heteroatoms. The van der Waals surface area contributed by atoms with Gasteiger partial charge < -0.3 is 20.5 Å². The Morgan fingerprint density at radius 2 is 1.86 bits per heavy atom. The first-order valence-electron chi connectivity index (χ1n) is 6.98. The Labute approximate surface area is 123 Å². The molecule has 114 valence electrons. The zero-order chi connectivity index (χ0) is 15.3. The minimum Gasteiger partial charge on any atom is -0.497 e. The number of urea groups is 1. The third-order valence-electron chi connectivity index (χ3n) is 3.78. The van der Waals surface area contributed by atoms with E-state index in [2.05, 4.69) is 10.6 Å². The van der Waals surface area contributed by atoms with Crippen LogP contribution in [0.2, 0.25) is 0 Å². The number of hydrogen-bond donors (Lipinski definition) is 3. The lowest BCUT2D eigenvalue weighted by molar-refractivity contribution is -0.138. The number of methoxy groups -OCH3 is 1. The number of carbonyl (C=O) groups is 2. The number of hydrogen-bond acceptors (Lipinski definition) is 3. The summed E-state index contributed by atoms with van der Waals surface area (Å²) in [5, 5.41) is 14.6. The molecule has 1 aromatic rings. The molecule has 1 saturated carbocycles.